The fourth-order valence-electron chi connectivity index (χ4n) is 6.89. The van der Waals surface area contributed by atoms with E-state index < -0.39 is 0 Å². The van der Waals surface area contributed by atoms with Gasteiger partial charge in [-0.15, -0.1) is 0 Å². The standard InChI is InChI=1S/C23H25ClFN3O2.C21H23ClFN3O/c1-16-14-27(15-18-3-8-21(25)9-4-18)11-12-28(16)23(30)10-6-19-5-7-20(24)13-22(19)26-17(2)29;1-15-13-25(14-16-2-7-19(23)8-3-16)10-11-26(15)21(27)9-5-17-4-6-18(22)12-20(17)24/h3-10,13,16H,11-12,14-15H2,1-2H3,(H,26,29);2-9,12,15H,10-11,13-14,24H2,1H3/b10-6+;9-5+/t16-;15-/m00/s1. The van der Waals surface area contributed by atoms with Crippen molar-refractivity contribution in [1.82, 2.24) is 19.6 Å². The SMILES string of the molecule is CC(=O)Nc1cc(Cl)ccc1/C=C/C(=O)N1CCN(Cc2ccc(F)cc2)C[C@@H]1C.C[C@H]1CN(Cc2ccc(F)cc2)CCN1C(=O)/C=C/c1ccc(Cl)cc1N. The first kappa shape index (κ1) is 43.1. The third-order valence-corrected chi connectivity index (χ3v) is 10.3. The quantitative estimate of drug-likeness (QED) is 0.131. The second kappa shape index (κ2) is 20.4. The van der Waals surface area contributed by atoms with Gasteiger partial charge >= 0.3 is 0 Å². The summed E-state index contributed by atoms with van der Waals surface area (Å²) in [5, 5.41) is 3.81. The summed E-state index contributed by atoms with van der Waals surface area (Å²) in [4.78, 5) is 45.0. The number of hydrogen-bond donors (Lipinski definition) is 2. The van der Waals surface area contributed by atoms with E-state index in [1.54, 1.807) is 78.9 Å². The van der Waals surface area contributed by atoms with Gasteiger partial charge in [-0.2, -0.15) is 0 Å². The molecule has 300 valence electrons. The van der Waals surface area contributed by atoms with Crippen LogP contribution in [0, 0.1) is 11.6 Å². The van der Waals surface area contributed by atoms with Crippen molar-refractivity contribution >= 4 is 64.5 Å². The Kier molecular flexibility index (Phi) is 15.4. The van der Waals surface area contributed by atoms with Crippen molar-refractivity contribution in [1.29, 1.82) is 0 Å². The fraction of sp³-hybridized carbons (Fsp3) is 0.295. The summed E-state index contributed by atoms with van der Waals surface area (Å²) in [6.07, 6.45) is 6.51. The molecule has 2 aliphatic heterocycles. The van der Waals surface area contributed by atoms with Gasteiger partial charge in [0.05, 0.1) is 0 Å². The lowest BCUT2D eigenvalue weighted by atomic mass is 10.1. The number of carbonyl (C=O) groups excluding carboxylic acids is 3. The topological polar surface area (TPSA) is 102 Å². The minimum absolute atomic E-state index is 0.0294. The minimum Gasteiger partial charge on any atom is -0.398 e. The molecule has 0 radical (unpaired) electrons. The molecule has 4 aromatic carbocycles. The monoisotopic (exact) mass is 816 g/mol. The van der Waals surface area contributed by atoms with E-state index in [1.165, 1.54) is 37.3 Å². The van der Waals surface area contributed by atoms with E-state index in [2.05, 4.69) is 15.1 Å². The molecule has 0 bridgehead atoms. The van der Waals surface area contributed by atoms with Gasteiger partial charge < -0.3 is 20.9 Å². The normalized spacial score (nSPS) is 17.7. The largest absolute Gasteiger partial charge is 0.398 e. The Bertz CT molecular complexity index is 2080. The number of nitrogens with one attached hydrogen (secondary N) is 1. The van der Waals surface area contributed by atoms with Crippen LogP contribution in [0.4, 0.5) is 20.2 Å². The van der Waals surface area contributed by atoms with E-state index in [4.69, 9.17) is 28.9 Å². The Balaban J connectivity index is 0.000000219. The summed E-state index contributed by atoms with van der Waals surface area (Å²) in [6.45, 7) is 11.3. The van der Waals surface area contributed by atoms with Crippen LogP contribution >= 0.6 is 23.2 Å². The number of nitrogen functional groups attached to an aromatic ring is 1. The molecule has 57 heavy (non-hydrogen) atoms. The van der Waals surface area contributed by atoms with Gasteiger partial charge in [0.2, 0.25) is 17.7 Å². The molecular weight excluding hydrogens is 769 g/mol. The van der Waals surface area contributed by atoms with Crippen LogP contribution in [0.25, 0.3) is 12.2 Å². The molecule has 2 fully saturated rings. The lowest BCUT2D eigenvalue weighted by Gasteiger charge is -2.39. The van der Waals surface area contributed by atoms with Gasteiger partial charge in [-0.1, -0.05) is 59.6 Å². The Morgan fingerprint density at radius 3 is 1.56 bits per heavy atom. The summed E-state index contributed by atoms with van der Waals surface area (Å²) in [6, 6.07) is 23.6. The lowest BCUT2D eigenvalue weighted by Crippen LogP contribution is -2.53. The third kappa shape index (κ3) is 13.0. The van der Waals surface area contributed by atoms with E-state index in [0.717, 1.165) is 56.0 Å². The number of nitrogens with zero attached hydrogens (tertiary/aromatic N) is 4. The van der Waals surface area contributed by atoms with Gasteiger partial charge in [0.25, 0.3) is 0 Å². The first-order valence-corrected chi connectivity index (χ1v) is 19.5. The highest BCUT2D eigenvalue weighted by molar-refractivity contribution is 6.31. The molecule has 0 aliphatic carbocycles. The second-order valence-corrected chi connectivity index (χ2v) is 15.2. The van der Waals surface area contributed by atoms with E-state index in [-0.39, 0.29) is 41.4 Å². The van der Waals surface area contributed by atoms with Crippen molar-refractivity contribution in [2.75, 3.05) is 50.3 Å². The third-order valence-electron chi connectivity index (χ3n) is 9.81. The van der Waals surface area contributed by atoms with Crippen LogP contribution in [-0.2, 0) is 27.5 Å². The molecule has 6 rings (SSSR count). The molecule has 2 atom stereocenters. The van der Waals surface area contributed by atoms with Crippen LogP contribution in [-0.4, -0.2) is 88.7 Å². The van der Waals surface area contributed by atoms with Crippen molar-refractivity contribution in [3.63, 3.8) is 0 Å². The zero-order valence-electron chi connectivity index (χ0n) is 32.3. The van der Waals surface area contributed by atoms with Gasteiger partial charge in [-0.05, 0) is 96.8 Å². The number of amides is 3. The summed E-state index contributed by atoms with van der Waals surface area (Å²) in [7, 11) is 0. The van der Waals surface area contributed by atoms with Crippen molar-refractivity contribution in [3.8, 4) is 0 Å². The molecule has 0 spiro atoms. The van der Waals surface area contributed by atoms with Crippen LogP contribution < -0.4 is 11.1 Å². The highest BCUT2D eigenvalue weighted by Crippen LogP contribution is 2.24. The molecule has 0 unspecified atom stereocenters. The molecule has 2 aliphatic rings. The minimum atomic E-state index is -0.239. The van der Waals surface area contributed by atoms with Crippen molar-refractivity contribution in [3.05, 3.63) is 141 Å². The van der Waals surface area contributed by atoms with Gasteiger partial charge in [0, 0.05) is 105 Å². The molecular formula is C44H48Cl2F2N6O3. The first-order valence-electron chi connectivity index (χ1n) is 18.8. The maximum Gasteiger partial charge on any atom is 0.246 e. The Morgan fingerprint density at radius 2 is 1.12 bits per heavy atom. The molecule has 9 nitrogen and oxygen atoms in total. The van der Waals surface area contributed by atoms with E-state index in [1.807, 2.05) is 23.6 Å². The predicted octanol–water partition coefficient (Wildman–Crippen LogP) is 7.99. The number of halogens is 4. The van der Waals surface area contributed by atoms with Crippen molar-refractivity contribution in [2.24, 2.45) is 0 Å². The summed E-state index contributed by atoms with van der Waals surface area (Å²) in [5.41, 5.74) is 10.6. The summed E-state index contributed by atoms with van der Waals surface area (Å²) in [5.74, 6) is -0.776. The van der Waals surface area contributed by atoms with Crippen molar-refractivity contribution in [2.45, 2.75) is 45.9 Å². The lowest BCUT2D eigenvalue weighted by molar-refractivity contribution is -0.131. The maximum absolute atomic E-state index is 13.1. The van der Waals surface area contributed by atoms with E-state index >= 15 is 0 Å². The van der Waals surface area contributed by atoms with Gasteiger partial charge in [-0.3, -0.25) is 24.2 Å². The molecule has 4 aromatic rings. The summed E-state index contributed by atoms with van der Waals surface area (Å²) < 4.78 is 26.1. The van der Waals surface area contributed by atoms with E-state index in [9.17, 15) is 23.2 Å². The highest BCUT2D eigenvalue weighted by Gasteiger charge is 2.27. The predicted molar refractivity (Wildman–Crippen MR) is 225 cm³/mol. The van der Waals surface area contributed by atoms with Gasteiger partial charge in [-0.25, -0.2) is 8.78 Å². The average molecular weight is 818 g/mol. The Morgan fingerprint density at radius 1 is 0.684 bits per heavy atom. The number of nitrogens with two attached hydrogens (primary N) is 1. The van der Waals surface area contributed by atoms with Crippen LogP contribution in [0.2, 0.25) is 10.0 Å². The Labute approximate surface area is 343 Å². The molecule has 2 saturated heterocycles. The number of anilines is 2. The smallest absolute Gasteiger partial charge is 0.246 e. The van der Waals surface area contributed by atoms with Crippen LogP contribution in [0.15, 0.2) is 97.1 Å². The number of piperazine rings is 2. The molecule has 2 heterocycles. The maximum atomic E-state index is 13.1. The number of benzene rings is 4. The number of carbonyl (C=O) groups is 3. The molecule has 3 N–H and O–H groups in total. The van der Waals surface area contributed by atoms with Crippen molar-refractivity contribution < 1.29 is 23.2 Å². The Hall–Kier alpha value is -5.07. The highest BCUT2D eigenvalue weighted by atomic mass is 35.5. The van der Waals surface area contributed by atoms with Crippen LogP contribution in [0.5, 0.6) is 0 Å². The fourth-order valence-corrected chi connectivity index (χ4v) is 7.24. The average Bonchev–Trinajstić information content (AvgIpc) is 3.16. The zero-order chi connectivity index (χ0) is 41.1. The number of rotatable bonds is 9. The van der Waals surface area contributed by atoms with E-state index in [0.29, 0.717) is 40.1 Å². The summed E-state index contributed by atoms with van der Waals surface area (Å²) >= 11 is 11.9. The number of hydrogen-bond acceptors (Lipinski definition) is 6. The van der Waals surface area contributed by atoms with Crippen LogP contribution in [0.3, 0.4) is 0 Å². The van der Waals surface area contributed by atoms with Crippen LogP contribution in [0.1, 0.15) is 43.0 Å². The van der Waals surface area contributed by atoms with Gasteiger partial charge in [0.15, 0.2) is 0 Å². The molecule has 3 amide bonds. The molecule has 0 saturated carbocycles. The molecule has 13 heteroatoms. The molecule has 0 aromatic heterocycles. The second-order valence-electron chi connectivity index (χ2n) is 14.3. The first-order chi connectivity index (χ1) is 27.2. The zero-order valence-corrected chi connectivity index (χ0v) is 33.8. The van der Waals surface area contributed by atoms with Gasteiger partial charge in [0.1, 0.15) is 11.6 Å².